The molecule has 1 nitrogen and oxygen atoms in total. The van der Waals surface area contributed by atoms with Crippen LogP contribution in [0.1, 0.15) is 10.4 Å². The third-order valence-corrected chi connectivity index (χ3v) is 2.19. The summed E-state index contributed by atoms with van der Waals surface area (Å²) < 4.78 is 35.7. The summed E-state index contributed by atoms with van der Waals surface area (Å²) in [5, 5.41) is 1.42. The Labute approximate surface area is 65.6 Å². The maximum atomic E-state index is 11.9. The molecule has 0 aliphatic heterocycles. The Bertz CT molecular complexity index is 240. The molecule has 0 atom stereocenters. The van der Waals surface area contributed by atoms with Crippen LogP contribution in [0.5, 0.6) is 0 Å². The second-order valence-electron chi connectivity index (χ2n) is 2.02. The molecule has 5 heteroatoms. The lowest BCUT2D eigenvalue weighted by molar-refractivity contribution is -0.134. The molecule has 62 valence electrons. The van der Waals surface area contributed by atoms with Crippen LogP contribution in [-0.2, 0) is 12.7 Å². The lowest BCUT2D eigenvalue weighted by atomic mass is 10.3. The lowest BCUT2D eigenvalue weighted by Gasteiger charge is -1.99. The highest BCUT2D eigenvalue weighted by molar-refractivity contribution is 7.10. The Morgan fingerprint density at radius 3 is 2.36 bits per heavy atom. The molecule has 0 saturated heterocycles. The van der Waals surface area contributed by atoms with Gasteiger partial charge in [0.15, 0.2) is 0 Å². The molecule has 0 bridgehead atoms. The molecule has 0 radical (unpaired) electrons. The fourth-order valence-electron chi connectivity index (χ4n) is 0.631. The summed E-state index contributed by atoms with van der Waals surface area (Å²) in [6.07, 6.45) is -4.22. The monoisotopic (exact) mass is 181 g/mol. The molecule has 2 N–H and O–H groups in total. The number of nitrogens with two attached hydrogens (primary N) is 1. The smallest absolute Gasteiger partial charge is 0.326 e. The highest BCUT2D eigenvalue weighted by Crippen LogP contribution is 2.33. The van der Waals surface area contributed by atoms with Crippen molar-refractivity contribution >= 4 is 11.3 Å². The number of alkyl halides is 3. The Kier molecular flexibility index (Phi) is 2.20. The standard InChI is InChI=1S/C6H6F3NS/c7-6(8,9)5-1-4(2-10)3-11-5/h1,3H,2,10H2. The largest absolute Gasteiger partial charge is 0.425 e. The van der Waals surface area contributed by atoms with Gasteiger partial charge in [-0.3, -0.25) is 0 Å². The number of hydrogen-bond acceptors (Lipinski definition) is 2. The van der Waals surface area contributed by atoms with Gasteiger partial charge in [0.25, 0.3) is 0 Å². The minimum Gasteiger partial charge on any atom is -0.326 e. The van der Waals surface area contributed by atoms with E-state index in [4.69, 9.17) is 5.73 Å². The minimum atomic E-state index is -4.22. The van der Waals surface area contributed by atoms with Crippen molar-refractivity contribution in [2.45, 2.75) is 12.7 Å². The average molecular weight is 181 g/mol. The topological polar surface area (TPSA) is 26.0 Å². The number of rotatable bonds is 1. The summed E-state index contributed by atoms with van der Waals surface area (Å²) in [7, 11) is 0. The maximum Gasteiger partial charge on any atom is 0.425 e. The van der Waals surface area contributed by atoms with Gasteiger partial charge in [0.1, 0.15) is 4.88 Å². The van der Waals surface area contributed by atoms with E-state index in [-0.39, 0.29) is 6.54 Å². The molecule has 1 rings (SSSR count). The highest BCUT2D eigenvalue weighted by Gasteiger charge is 2.32. The molecule has 1 heterocycles. The van der Waals surface area contributed by atoms with E-state index in [0.717, 1.165) is 6.07 Å². The van der Waals surface area contributed by atoms with Gasteiger partial charge in [-0.05, 0) is 17.0 Å². The van der Waals surface area contributed by atoms with Crippen LogP contribution < -0.4 is 5.73 Å². The van der Waals surface area contributed by atoms with Gasteiger partial charge in [0, 0.05) is 6.54 Å². The highest BCUT2D eigenvalue weighted by atomic mass is 32.1. The first-order chi connectivity index (χ1) is 5.04. The van der Waals surface area contributed by atoms with Gasteiger partial charge in [-0.25, -0.2) is 0 Å². The Morgan fingerprint density at radius 2 is 2.09 bits per heavy atom. The van der Waals surface area contributed by atoms with E-state index in [2.05, 4.69) is 0 Å². The third-order valence-electron chi connectivity index (χ3n) is 1.17. The zero-order chi connectivity index (χ0) is 8.48. The van der Waals surface area contributed by atoms with Crippen molar-refractivity contribution in [3.05, 3.63) is 21.9 Å². The second kappa shape index (κ2) is 2.83. The normalized spacial score (nSPS) is 12.0. The van der Waals surface area contributed by atoms with Crippen LogP contribution >= 0.6 is 11.3 Å². The number of halogens is 3. The lowest BCUT2D eigenvalue weighted by Crippen LogP contribution is -2.01. The summed E-state index contributed by atoms with van der Waals surface area (Å²) in [6, 6.07) is 1.07. The summed E-state index contributed by atoms with van der Waals surface area (Å²) in [4.78, 5) is -0.585. The molecular formula is C6H6F3NS. The van der Waals surface area contributed by atoms with Crippen molar-refractivity contribution in [3.8, 4) is 0 Å². The fraction of sp³-hybridized carbons (Fsp3) is 0.333. The average Bonchev–Trinajstić information content (AvgIpc) is 2.32. The number of hydrogen-bond donors (Lipinski definition) is 1. The molecule has 0 aliphatic rings. The van der Waals surface area contributed by atoms with Gasteiger partial charge in [-0.15, -0.1) is 11.3 Å². The number of thiophene rings is 1. The maximum absolute atomic E-state index is 11.9. The fourth-order valence-corrected chi connectivity index (χ4v) is 1.43. The molecule has 0 spiro atoms. The summed E-state index contributed by atoms with van der Waals surface area (Å²) in [6.45, 7) is 0.159. The van der Waals surface area contributed by atoms with E-state index in [1.807, 2.05) is 0 Å². The van der Waals surface area contributed by atoms with Crippen LogP contribution in [0.25, 0.3) is 0 Å². The quantitative estimate of drug-likeness (QED) is 0.706. The van der Waals surface area contributed by atoms with Crippen LogP contribution in [0, 0.1) is 0 Å². The van der Waals surface area contributed by atoms with Gasteiger partial charge >= 0.3 is 6.18 Å². The first-order valence-electron chi connectivity index (χ1n) is 2.88. The molecule has 0 unspecified atom stereocenters. The summed E-state index contributed by atoms with van der Waals surface area (Å²) >= 11 is 0.676. The van der Waals surface area contributed by atoms with Crippen molar-refractivity contribution in [1.29, 1.82) is 0 Å². The zero-order valence-corrected chi connectivity index (χ0v) is 6.30. The van der Waals surface area contributed by atoms with Gasteiger partial charge in [0.05, 0.1) is 0 Å². The molecular weight excluding hydrogens is 175 g/mol. The van der Waals surface area contributed by atoms with Crippen LogP contribution in [0.4, 0.5) is 13.2 Å². The van der Waals surface area contributed by atoms with Gasteiger partial charge in [-0.1, -0.05) is 0 Å². The molecule has 0 amide bonds. The zero-order valence-electron chi connectivity index (χ0n) is 5.48. The van der Waals surface area contributed by atoms with Gasteiger partial charge in [0.2, 0.25) is 0 Å². The molecule has 1 aromatic heterocycles. The first kappa shape index (κ1) is 8.55. The van der Waals surface area contributed by atoms with Gasteiger partial charge < -0.3 is 5.73 Å². The van der Waals surface area contributed by atoms with Crippen molar-refractivity contribution < 1.29 is 13.2 Å². The predicted molar refractivity (Wildman–Crippen MR) is 37.2 cm³/mol. The van der Waals surface area contributed by atoms with E-state index in [1.54, 1.807) is 0 Å². The summed E-state index contributed by atoms with van der Waals surface area (Å²) in [5.74, 6) is 0. The van der Waals surface area contributed by atoms with Crippen molar-refractivity contribution in [2.75, 3.05) is 0 Å². The van der Waals surface area contributed by atoms with E-state index >= 15 is 0 Å². The summed E-state index contributed by atoms with van der Waals surface area (Å²) in [5.41, 5.74) is 5.68. The van der Waals surface area contributed by atoms with Gasteiger partial charge in [-0.2, -0.15) is 13.2 Å². The minimum absolute atomic E-state index is 0.159. The van der Waals surface area contributed by atoms with Crippen molar-refractivity contribution in [3.63, 3.8) is 0 Å². The van der Waals surface area contributed by atoms with E-state index in [0.29, 0.717) is 16.9 Å². The van der Waals surface area contributed by atoms with Crippen molar-refractivity contribution in [1.82, 2.24) is 0 Å². The molecule has 1 aromatic rings. The van der Waals surface area contributed by atoms with Crippen LogP contribution in [0.3, 0.4) is 0 Å². The molecule has 0 aromatic carbocycles. The van der Waals surface area contributed by atoms with E-state index in [1.165, 1.54) is 5.38 Å². The Morgan fingerprint density at radius 1 is 1.45 bits per heavy atom. The predicted octanol–water partition coefficient (Wildman–Crippen LogP) is 2.23. The van der Waals surface area contributed by atoms with Crippen molar-refractivity contribution in [2.24, 2.45) is 5.73 Å². The second-order valence-corrected chi connectivity index (χ2v) is 2.93. The molecule has 11 heavy (non-hydrogen) atoms. The molecule has 0 saturated carbocycles. The van der Waals surface area contributed by atoms with Crippen LogP contribution in [-0.4, -0.2) is 0 Å². The van der Waals surface area contributed by atoms with Crippen LogP contribution in [0.2, 0.25) is 0 Å². The van der Waals surface area contributed by atoms with E-state index < -0.39 is 11.1 Å². The Hall–Kier alpha value is -0.550. The van der Waals surface area contributed by atoms with E-state index in [9.17, 15) is 13.2 Å². The van der Waals surface area contributed by atoms with Crippen LogP contribution in [0.15, 0.2) is 11.4 Å². The molecule has 0 fully saturated rings. The molecule has 0 aliphatic carbocycles. The SMILES string of the molecule is NCc1csc(C(F)(F)F)c1. The Balaban J connectivity index is 2.89. The third kappa shape index (κ3) is 1.94. The first-order valence-corrected chi connectivity index (χ1v) is 3.76.